The number of aliphatic imine (C=N–C) groups is 1. The van der Waals surface area contributed by atoms with Gasteiger partial charge in [-0.15, -0.1) is 0 Å². The van der Waals surface area contributed by atoms with Crippen molar-refractivity contribution in [3.63, 3.8) is 0 Å². The first-order valence-corrected chi connectivity index (χ1v) is 10.6. The van der Waals surface area contributed by atoms with Crippen molar-refractivity contribution in [3.05, 3.63) is 71.3 Å². The fourth-order valence-electron chi connectivity index (χ4n) is 3.75. The van der Waals surface area contributed by atoms with Crippen LogP contribution in [0.4, 0.5) is 0 Å². The highest BCUT2D eigenvalue weighted by molar-refractivity contribution is 5.94. The molecule has 0 aromatic heterocycles. The van der Waals surface area contributed by atoms with Crippen molar-refractivity contribution in [2.24, 2.45) is 4.99 Å². The molecule has 0 aliphatic heterocycles. The molecule has 1 amide bonds. The van der Waals surface area contributed by atoms with E-state index < -0.39 is 0 Å². The molecule has 0 spiro atoms. The number of amides is 1. The first kappa shape index (κ1) is 20.9. The van der Waals surface area contributed by atoms with Gasteiger partial charge in [-0.25, -0.2) is 4.99 Å². The van der Waals surface area contributed by atoms with Crippen molar-refractivity contribution < 1.29 is 4.79 Å². The Morgan fingerprint density at radius 2 is 1.62 bits per heavy atom. The molecule has 5 nitrogen and oxygen atoms in total. The maximum Gasteiger partial charge on any atom is 0.251 e. The van der Waals surface area contributed by atoms with Crippen LogP contribution in [0.15, 0.2) is 59.6 Å². The second kappa shape index (κ2) is 10.1. The molecule has 29 heavy (non-hydrogen) atoms. The number of nitrogens with one attached hydrogen (secondary N) is 3. The minimum atomic E-state index is -0.0377. The van der Waals surface area contributed by atoms with Crippen LogP contribution < -0.4 is 16.0 Å². The Morgan fingerprint density at radius 1 is 0.931 bits per heavy atom. The van der Waals surface area contributed by atoms with E-state index in [4.69, 9.17) is 4.99 Å². The fraction of sp³-hybridized carbons (Fsp3) is 0.417. The molecule has 0 heterocycles. The quantitative estimate of drug-likeness (QED) is 0.475. The third kappa shape index (κ3) is 5.37. The van der Waals surface area contributed by atoms with E-state index in [1.807, 2.05) is 31.2 Å². The second-order valence-corrected chi connectivity index (χ2v) is 7.61. The number of hydrogen-bond acceptors (Lipinski definition) is 2. The Hall–Kier alpha value is -2.82. The van der Waals surface area contributed by atoms with E-state index in [9.17, 15) is 4.79 Å². The van der Waals surface area contributed by atoms with Crippen molar-refractivity contribution in [1.82, 2.24) is 16.0 Å². The number of carbonyl (C=O) groups is 1. The van der Waals surface area contributed by atoms with Gasteiger partial charge in [-0.1, -0.05) is 48.9 Å². The Labute approximate surface area is 174 Å². The molecule has 154 valence electrons. The molecule has 0 atom stereocenters. The molecule has 1 fully saturated rings. The average Bonchev–Trinajstić information content (AvgIpc) is 2.72. The van der Waals surface area contributed by atoms with Gasteiger partial charge >= 0.3 is 0 Å². The predicted molar refractivity (Wildman–Crippen MR) is 119 cm³/mol. The van der Waals surface area contributed by atoms with E-state index in [1.54, 1.807) is 0 Å². The molecule has 0 saturated heterocycles. The maximum absolute atomic E-state index is 11.9. The number of guanidine groups is 1. The molecule has 1 aliphatic rings. The lowest BCUT2D eigenvalue weighted by Gasteiger charge is -2.43. The van der Waals surface area contributed by atoms with Gasteiger partial charge in [0.2, 0.25) is 0 Å². The zero-order valence-electron chi connectivity index (χ0n) is 17.5. The summed E-state index contributed by atoms with van der Waals surface area (Å²) < 4.78 is 0. The minimum Gasteiger partial charge on any atom is -0.357 e. The molecule has 0 unspecified atom stereocenters. The van der Waals surface area contributed by atoms with Gasteiger partial charge < -0.3 is 16.0 Å². The van der Waals surface area contributed by atoms with Crippen molar-refractivity contribution in [2.45, 2.75) is 45.1 Å². The topological polar surface area (TPSA) is 65.5 Å². The molecular weight excluding hydrogens is 360 g/mol. The molecule has 0 radical (unpaired) electrons. The smallest absolute Gasteiger partial charge is 0.251 e. The highest BCUT2D eigenvalue weighted by Gasteiger charge is 2.38. The predicted octanol–water partition coefficient (Wildman–Crippen LogP) is 3.61. The van der Waals surface area contributed by atoms with Gasteiger partial charge in [0.05, 0.1) is 6.54 Å². The minimum absolute atomic E-state index is 0.0377. The van der Waals surface area contributed by atoms with Crippen LogP contribution in [0.3, 0.4) is 0 Å². The van der Waals surface area contributed by atoms with Crippen LogP contribution in [0.1, 0.15) is 54.6 Å². The van der Waals surface area contributed by atoms with Gasteiger partial charge in [0.25, 0.3) is 5.91 Å². The van der Waals surface area contributed by atoms with Crippen molar-refractivity contribution in [3.8, 4) is 0 Å². The van der Waals surface area contributed by atoms with E-state index in [-0.39, 0.29) is 11.3 Å². The molecule has 2 aromatic rings. The lowest BCUT2D eigenvalue weighted by Crippen LogP contribution is -2.48. The Balaban J connectivity index is 1.62. The summed E-state index contributed by atoms with van der Waals surface area (Å²) in [5, 5.41) is 9.72. The van der Waals surface area contributed by atoms with E-state index in [0.717, 1.165) is 24.6 Å². The van der Waals surface area contributed by atoms with Crippen LogP contribution in [0.2, 0.25) is 0 Å². The summed E-state index contributed by atoms with van der Waals surface area (Å²) in [7, 11) is 0. The Morgan fingerprint density at radius 3 is 2.21 bits per heavy atom. The summed E-state index contributed by atoms with van der Waals surface area (Å²) in [6.07, 6.45) is 3.71. The number of benzene rings is 2. The summed E-state index contributed by atoms with van der Waals surface area (Å²) in [5.74, 6) is 0.798. The Bertz CT molecular complexity index is 811. The zero-order valence-corrected chi connectivity index (χ0v) is 17.5. The summed E-state index contributed by atoms with van der Waals surface area (Å²) >= 11 is 0. The zero-order chi connectivity index (χ0) is 20.5. The monoisotopic (exact) mass is 392 g/mol. The van der Waals surface area contributed by atoms with Gasteiger partial charge in [0.15, 0.2) is 5.96 Å². The normalized spacial score (nSPS) is 15.3. The molecule has 2 aromatic carbocycles. The van der Waals surface area contributed by atoms with Gasteiger partial charge in [-0.05, 0) is 49.9 Å². The largest absolute Gasteiger partial charge is 0.357 e. The van der Waals surface area contributed by atoms with E-state index in [2.05, 4.69) is 53.2 Å². The van der Waals surface area contributed by atoms with E-state index in [1.165, 1.54) is 24.8 Å². The number of hydrogen-bond donors (Lipinski definition) is 3. The fourth-order valence-corrected chi connectivity index (χ4v) is 3.75. The van der Waals surface area contributed by atoms with Crippen LogP contribution in [-0.2, 0) is 12.0 Å². The number of carbonyl (C=O) groups excluding carboxylic acids is 1. The van der Waals surface area contributed by atoms with Crippen LogP contribution in [0, 0.1) is 0 Å². The van der Waals surface area contributed by atoms with Crippen LogP contribution in [0.5, 0.6) is 0 Å². The summed E-state index contributed by atoms with van der Waals surface area (Å²) in [6.45, 7) is 6.91. The summed E-state index contributed by atoms with van der Waals surface area (Å²) in [4.78, 5) is 16.6. The number of nitrogens with zero attached hydrogens (tertiary/aromatic N) is 1. The van der Waals surface area contributed by atoms with E-state index >= 15 is 0 Å². The third-order valence-corrected chi connectivity index (χ3v) is 5.61. The lowest BCUT2D eigenvalue weighted by molar-refractivity contribution is 0.0956. The highest BCUT2D eigenvalue weighted by atomic mass is 16.1. The van der Waals surface area contributed by atoms with E-state index in [0.29, 0.717) is 18.7 Å². The maximum atomic E-state index is 11.9. The average molecular weight is 393 g/mol. The first-order valence-electron chi connectivity index (χ1n) is 10.6. The molecule has 1 aliphatic carbocycles. The molecule has 3 rings (SSSR count). The van der Waals surface area contributed by atoms with Crippen LogP contribution in [0.25, 0.3) is 0 Å². The highest BCUT2D eigenvalue weighted by Crippen LogP contribution is 2.43. The van der Waals surface area contributed by atoms with Crippen LogP contribution in [-0.4, -0.2) is 31.5 Å². The lowest BCUT2D eigenvalue weighted by atomic mass is 9.64. The number of rotatable bonds is 8. The summed E-state index contributed by atoms with van der Waals surface area (Å²) in [6, 6.07) is 18.4. The van der Waals surface area contributed by atoms with Gasteiger partial charge in [0, 0.05) is 30.6 Å². The SMILES string of the molecule is CCNC(=O)c1ccc(CN=C(NCC)NCC2(c3ccccc3)CCC2)cc1. The molecule has 0 bridgehead atoms. The standard InChI is InChI=1S/C24H32N4O/c1-3-25-22(29)20-13-11-19(12-14-20)17-27-23(26-4-2)28-18-24(15-8-16-24)21-9-6-5-7-10-21/h5-7,9-14H,3-4,8,15-18H2,1-2H3,(H,25,29)(H2,26,27,28). The molecule has 1 saturated carbocycles. The van der Waals surface area contributed by atoms with Crippen molar-refractivity contribution in [2.75, 3.05) is 19.6 Å². The van der Waals surface area contributed by atoms with Gasteiger partial charge in [-0.3, -0.25) is 4.79 Å². The molecular formula is C24H32N4O. The Kier molecular flexibility index (Phi) is 7.28. The van der Waals surface area contributed by atoms with Crippen molar-refractivity contribution >= 4 is 11.9 Å². The third-order valence-electron chi connectivity index (χ3n) is 5.61. The first-order chi connectivity index (χ1) is 14.2. The van der Waals surface area contributed by atoms with Crippen LogP contribution >= 0.6 is 0 Å². The summed E-state index contributed by atoms with van der Waals surface area (Å²) in [5.41, 5.74) is 3.39. The van der Waals surface area contributed by atoms with Gasteiger partial charge in [-0.2, -0.15) is 0 Å². The second-order valence-electron chi connectivity index (χ2n) is 7.61. The molecule has 5 heteroatoms. The van der Waals surface area contributed by atoms with Crippen molar-refractivity contribution in [1.29, 1.82) is 0 Å². The van der Waals surface area contributed by atoms with Gasteiger partial charge in [0.1, 0.15) is 0 Å². The molecule has 3 N–H and O–H groups in total.